The van der Waals surface area contributed by atoms with Crippen LogP contribution in [-0.4, -0.2) is 60.6 Å². The number of esters is 1. The molecule has 1 aromatic rings. The first-order valence-corrected chi connectivity index (χ1v) is 10.4. The molecule has 1 aliphatic heterocycles. The number of rotatable bonds is 5. The molecule has 184 valence electrons. The standard InChI is InChI=1S/C23H30N2O6.2H2O/c1-16-9-10-18(26)8-5-3-4-7-17-13-19(30-12-6-11-25-23(29)24-2)14-20(27)21(17)22(28)31-15-16;;/h4,7,9-10,13-14,16,27H,3,5-6,8,11-12,15H2,1-2H3,(H2,24,25,29);2*1H2/b7-4+,10-9-;;/t16-;;/m1../s1. The zero-order valence-electron chi connectivity index (χ0n) is 19.0. The molecule has 0 radical (unpaired) electrons. The first-order chi connectivity index (χ1) is 14.9. The number of amides is 2. The van der Waals surface area contributed by atoms with Gasteiger partial charge in [-0.05, 0) is 37.0 Å². The van der Waals surface area contributed by atoms with Crippen LogP contribution in [0.25, 0.3) is 6.08 Å². The summed E-state index contributed by atoms with van der Waals surface area (Å²) < 4.78 is 11.0. The predicted molar refractivity (Wildman–Crippen MR) is 124 cm³/mol. The largest absolute Gasteiger partial charge is 0.507 e. The number of ketones is 1. The number of hydrogen-bond acceptors (Lipinski definition) is 6. The van der Waals surface area contributed by atoms with Gasteiger partial charge >= 0.3 is 12.0 Å². The van der Waals surface area contributed by atoms with Crippen molar-refractivity contribution in [2.24, 2.45) is 5.92 Å². The molecule has 7 N–H and O–H groups in total. The number of hydrogen-bond donors (Lipinski definition) is 3. The van der Waals surface area contributed by atoms with Crippen molar-refractivity contribution in [1.82, 2.24) is 10.6 Å². The van der Waals surface area contributed by atoms with Crippen molar-refractivity contribution in [3.8, 4) is 11.5 Å². The average molecular weight is 467 g/mol. The van der Waals surface area contributed by atoms with E-state index in [0.717, 1.165) is 0 Å². The lowest BCUT2D eigenvalue weighted by Gasteiger charge is -2.14. The Morgan fingerprint density at radius 2 is 2.00 bits per heavy atom. The van der Waals surface area contributed by atoms with Crippen LogP contribution in [-0.2, 0) is 9.53 Å². The van der Waals surface area contributed by atoms with Gasteiger partial charge < -0.3 is 36.2 Å². The van der Waals surface area contributed by atoms with Crippen LogP contribution in [0.1, 0.15) is 48.5 Å². The Balaban J connectivity index is 0.00000512. The Labute approximate surface area is 193 Å². The van der Waals surface area contributed by atoms with Gasteiger partial charge in [0.1, 0.15) is 17.1 Å². The summed E-state index contributed by atoms with van der Waals surface area (Å²) in [4.78, 5) is 35.6. The van der Waals surface area contributed by atoms with Crippen LogP contribution >= 0.6 is 0 Å². The molecule has 0 unspecified atom stereocenters. The van der Waals surface area contributed by atoms with Gasteiger partial charge in [0.2, 0.25) is 0 Å². The molecule has 0 aliphatic carbocycles. The minimum absolute atomic E-state index is 0. The number of phenolic OH excluding ortho intramolecular Hbond substituents is 1. The van der Waals surface area contributed by atoms with E-state index >= 15 is 0 Å². The summed E-state index contributed by atoms with van der Waals surface area (Å²) in [6.45, 7) is 2.71. The molecule has 1 aromatic carbocycles. The number of carbonyl (C=O) groups is 3. The van der Waals surface area contributed by atoms with Crippen LogP contribution in [0.5, 0.6) is 11.5 Å². The van der Waals surface area contributed by atoms with Gasteiger partial charge in [-0.1, -0.05) is 25.2 Å². The van der Waals surface area contributed by atoms with Gasteiger partial charge in [-0.3, -0.25) is 4.79 Å². The number of carbonyl (C=O) groups excluding carboxylic acids is 3. The Hall–Kier alpha value is -3.37. The summed E-state index contributed by atoms with van der Waals surface area (Å²) in [5, 5.41) is 15.6. The van der Waals surface area contributed by atoms with E-state index in [1.165, 1.54) is 19.2 Å². The van der Waals surface area contributed by atoms with Crippen molar-refractivity contribution in [2.45, 2.75) is 32.6 Å². The fourth-order valence-corrected chi connectivity index (χ4v) is 2.91. The fraction of sp³-hybridized carbons (Fsp3) is 0.435. The molecule has 1 heterocycles. The number of allylic oxidation sites excluding steroid dienone is 2. The zero-order valence-corrected chi connectivity index (χ0v) is 19.0. The number of fused-ring (bicyclic) bond motifs is 1. The minimum atomic E-state index is -0.637. The van der Waals surface area contributed by atoms with Gasteiger partial charge in [0.15, 0.2) is 5.78 Å². The average Bonchev–Trinajstić information content (AvgIpc) is 2.74. The second kappa shape index (κ2) is 15.4. The van der Waals surface area contributed by atoms with Gasteiger partial charge in [-0.2, -0.15) is 0 Å². The van der Waals surface area contributed by atoms with Crippen molar-refractivity contribution in [3.63, 3.8) is 0 Å². The highest BCUT2D eigenvalue weighted by molar-refractivity contribution is 5.97. The molecule has 10 heteroatoms. The Kier molecular flexibility index (Phi) is 13.9. The molecule has 0 spiro atoms. The van der Waals surface area contributed by atoms with Gasteiger partial charge in [0, 0.05) is 32.0 Å². The maximum Gasteiger partial charge on any atom is 0.342 e. The second-order valence-electron chi connectivity index (χ2n) is 7.31. The van der Waals surface area contributed by atoms with Crippen LogP contribution in [0, 0.1) is 5.92 Å². The molecule has 2 rings (SSSR count). The number of nitrogens with one attached hydrogen (secondary N) is 2. The van der Waals surface area contributed by atoms with Gasteiger partial charge in [-0.25, -0.2) is 9.59 Å². The molecule has 2 amide bonds. The normalized spacial score (nSPS) is 18.2. The molecule has 0 aromatic heterocycles. The maximum absolute atomic E-state index is 12.6. The second-order valence-corrected chi connectivity index (χ2v) is 7.31. The molecule has 0 bridgehead atoms. The highest BCUT2D eigenvalue weighted by Crippen LogP contribution is 2.30. The van der Waals surface area contributed by atoms with E-state index < -0.39 is 5.97 Å². The SMILES string of the molecule is CNC(=O)NCCCOc1cc(O)c2c(c1)/C=C/CCCC(=O)/C=C\[C@@H](C)COC2=O.O.O. The predicted octanol–water partition coefficient (Wildman–Crippen LogP) is 1.56. The number of cyclic esters (lactones) is 1. The van der Waals surface area contributed by atoms with Crippen molar-refractivity contribution >= 4 is 23.9 Å². The molecular weight excluding hydrogens is 432 g/mol. The van der Waals surface area contributed by atoms with Crippen molar-refractivity contribution < 1.29 is 39.9 Å². The lowest BCUT2D eigenvalue weighted by Crippen LogP contribution is -2.33. The molecule has 0 saturated carbocycles. The maximum atomic E-state index is 12.6. The number of urea groups is 1. The first kappa shape index (κ1) is 29.6. The van der Waals surface area contributed by atoms with E-state index in [1.54, 1.807) is 18.2 Å². The highest BCUT2D eigenvalue weighted by Gasteiger charge is 2.19. The Morgan fingerprint density at radius 3 is 2.73 bits per heavy atom. The van der Waals surface area contributed by atoms with E-state index in [1.807, 2.05) is 13.0 Å². The van der Waals surface area contributed by atoms with Crippen molar-refractivity contribution in [3.05, 3.63) is 41.5 Å². The molecule has 1 aliphatic rings. The number of aromatic hydroxyl groups is 1. The van der Waals surface area contributed by atoms with Crippen molar-refractivity contribution in [1.29, 1.82) is 0 Å². The third-order valence-electron chi connectivity index (χ3n) is 4.61. The molecule has 0 saturated heterocycles. The molecule has 0 fully saturated rings. The van der Waals surface area contributed by atoms with Gasteiger partial charge in [0.25, 0.3) is 0 Å². The van der Waals surface area contributed by atoms with E-state index in [4.69, 9.17) is 9.47 Å². The lowest BCUT2D eigenvalue weighted by molar-refractivity contribution is -0.114. The Bertz CT molecular complexity index is 851. The van der Waals surface area contributed by atoms with Crippen LogP contribution in [0.2, 0.25) is 0 Å². The van der Waals surface area contributed by atoms with E-state index in [2.05, 4.69) is 10.6 Å². The third kappa shape index (κ3) is 10.2. The fourth-order valence-electron chi connectivity index (χ4n) is 2.91. The molecular formula is C23H34N2O8. The Morgan fingerprint density at radius 1 is 1.24 bits per heavy atom. The monoisotopic (exact) mass is 466 g/mol. The van der Waals surface area contributed by atoms with E-state index in [-0.39, 0.29) is 46.6 Å². The number of ether oxygens (including phenoxy) is 2. The zero-order chi connectivity index (χ0) is 22.6. The minimum Gasteiger partial charge on any atom is -0.507 e. The third-order valence-corrected chi connectivity index (χ3v) is 4.61. The lowest BCUT2D eigenvalue weighted by atomic mass is 10.0. The van der Waals surface area contributed by atoms with Crippen molar-refractivity contribution in [2.75, 3.05) is 26.8 Å². The summed E-state index contributed by atoms with van der Waals surface area (Å²) in [5.41, 5.74) is 0.560. The molecule has 33 heavy (non-hydrogen) atoms. The summed E-state index contributed by atoms with van der Waals surface area (Å²) in [7, 11) is 1.54. The van der Waals surface area contributed by atoms with Crippen LogP contribution in [0.15, 0.2) is 30.4 Å². The van der Waals surface area contributed by atoms with E-state index in [0.29, 0.717) is 50.1 Å². The van der Waals surface area contributed by atoms with E-state index in [9.17, 15) is 19.5 Å². The van der Waals surface area contributed by atoms with Crippen LogP contribution in [0.4, 0.5) is 4.79 Å². The smallest absolute Gasteiger partial charge is 0.342 e. The molecule has 10 nitrogen and oxygen atoms in total. The summed E-state index contributed by atoms with van der Waals surface area (Å²) in [6.07, 6.45) is 9.21. The topological polar surface area (TPSA) is 177 Å². The number of phenols is 1. The first-order valence-electron chi connectivity index (χ1n) is 10.4. The summed E-state index contributed by atoms with van der Waals surface area (Å²) >= 11 is 0. The van der Waals surface area contributed by atoms with Gasteiger partial charge in [0.05, 0.1) is 13.2 Å². The van der Waals surface area contributed by atoms with Crippen LogP contribution in [0.3, 0.4) is 0 Å². The van der Waals surface area contributed by atoms with Gasteiger partial charge in [-0.15, -0.1) is 0 Å². The quantitative estimate of drug-likeness (QED) is 0.438. The van der Waals surface area contributed by atoms with Crippen LogP contribution < -0.4 is 15.4 Å². The highest BCUT2D eigenvalue weighted by atomic mass is 16.5. The number of benzene rings is 1. The summed E-state index contributed by atoms with van der Waals surface area (Å²) in [5.74, 6) is -0.536. The summed E-state index contributed by atoms with van der Waals surface area (Å²) in [6, 6.07) is 2.78. The molecule has 1 atom stereocenters.